The van der Waals surface area contributed by atoms with Crippen molar-refractivity contribution in [1.29, 1.82) is 0 Å². The zero-order valence-corrected chi connectivity index (χ0v) is 12.5. The maximum absolute atomic E-state index is 13.7. The van der Waals surface area contributed by atoms with Gasteiger partial charge in [0.15, 0.2) is 0 Å². The maximum Gasteiger partial charge on any atom is 0.127 e. The maximum atomic E-state index is 13.7. The van der Waals surface area contributed by atoms with Gasteiger partial charge in [-0.3, -0.25) is 0 Å². The van der Waals surface area contributed by atoms with Gasteiger partial charge in [0.2, 0.25) is 0 Å². The van der Waals surface area contributed by atoms with Crippen molar-refractivity contribution in [3.8, 4) is 0 Å². The summed E-state index contributed by atoms with van der Waals surface area (Å²) in [6, 6.07) is 5.92. The minimum atomic E-state index is -0.0905. The molecule has 0 radical (unpaired) electrons. The number of nitrogens with one attached hydrogen (secondary N) is 1. The Morgan fingerprint density at radius 3 is 3.00 bits per heavy atom. The smallest absolute Gasteiger partial charge is 0.127 e. The molecule has 2 atom stereocenters. The summed E-state index contributed by atoms with van der Waals surface area (Å²) < 4.78 is 14.5. The fraction of sp³-hybridized carbons (Fsp3) is 0.600. The van der Waals surface area contributed by atoms with Crippen LogP contribution >= 0.6 is 15.9 Å². The summed E-state index contributed by atoms with van der Waals surface area (Å²) in [6.45, 7) is 3.38. The summed E-state index contributed by atoms with van der Waals surface area (Å²) in [6.07, 6.45) is 5.67. The van der Waals surface area contributed by atoms with Crippen LogP contribution in [0.4, 0.5) is 4.39 Å². The Balaban J connectivity index is 1.87. The first-order valence-corrected chi connectivity index (χ1v) is 7.65. The molecule has 2 rings (SSSR count). The largest absolute Gasteiger partial charge is 0.314 e. The number of rotatable bonds is 4. The third-order valence-electron chi connectivity index (χ3n) is 3.96. The molecule has 1 aromatic rings. The summed E-state index contributed by atoms with van der Waals surface area (Å²) in [4.78, 5) is 0. The highest BCUT2D eigenvalue weighted by atomic mass is 79.9. The molecule has 2 unspecified atom stereocenters. The highest BCUT2D eigenvalue weighted by Gasteiger charge is 2.20. The van der Waals surface area contributed by atoms with Crippen molar-refractivity contribution >= 4 is 15.9 Å². The molecule has 0 spiro atoms. The molecule has 1 aliphatic rings. The SMILES string of the molecule is CCC1CCNC(CCc2ccc(Br)cc2F)C1. The molecule has 100 valence electrons. The van der Waals surface area contributed by atoms with E-state index in [1.807, 2.05) is 12.1 Å². The molecule has 18 heavy (non-hydrogen) atoms. The first-order valence-electron chi connectivity index (χ1n) is 6.86. The molecular formula is C15H21BrFN. The van der Waals surface area contributed by atoms with Crippen molar-refractivity contribution in [2.24, 2.45) is 5.92 Å². The van der Waals surface area contributed by atoms with Gasteiger partial charge in [-0.1, -0.05) is 35.3 Å². The van der Waals surface area contributed by atoms with Crippen LogP contribution in [0, 0.1) is 11.7 Å². The Morgan fingerprint density at radius 2 is 2.28 bits per heavy atom. The van der Waals surface area contributed by atoms with Gasteiger partial charge in [0.25, 0.3) is 0 Å². The monoisotopic (exact) mass is 313 g/mol. The standard InChI is InChI=1S/C15H21BrFN/c1-2-11-7-8-18-14(9-11)6-4-12-3-5-13(16)10-15(12)17/h3,5,10-11,14,18H,2,4,6-9H2,1H3. The Morgan fingerprint density at radius 1 is 1.44 bits per heavy atom. The van der Waals surface area contributed by atoms with Gasteiger partial charge in [0.1, 0.15) is 5.82 Å². The van der Waals surface area contributed by atoms with Gasteiger partial charge in [0.05, 0.1) is 0 Å². The highest BCUT2D eigenvalue weighted by Crippen LogP contribution is 2.23. The average Bonchev–Trinajstić information content (AvgIpc) is 2.38. The first-order chi connectivity index (χ1) is 8.69. The number of hydrogen-bond donors (Lipinski definition) is 1. The predicted octanol–water partition coefficient (Wildman–Crippen LogP) is 4.30. The van der Waals surface area contributed by atoms with E-state index in [0.717, 1.165) is 35.3 Å². The Hall–Kier alpha value is -0.410. The minimum absolute atomic E-state index is 0.0905. The lowest BCUT2D eigenvalue weighted by atomic mass is 9.88. The quantitative estimate of drug-likeness (QED) is 0.874. The van der Waals surface area contributed by atoms with E-state index in [4.69, 9.17) is 0 Å². The van der Waals surface area contributed by atoms with E-state index in [1.54, 1.807) is 6.07 Å². The molecule has 0 aromatic heterocycles. The molecule has 1 saturated heterocycles. The van der Waals surface area contributed by atoms with Crippen molar-refractivity contribution in [3.63, 3.8) is 0 Å². The van der Waals surface area contributed by atoms with Crippen molar-refractivity contribution in [3.05, 3.63) is 34.1 Å². The second-order valence-corrected chi connectivity index (χ2v) is 6.14. The second kappa shape index (κ2) is 6.67. The molecule has 0 bridgehead atoms. The third-order valence-corrected chi connectivity index (χ3v) is 4.45. The van der Waals surface area contributed by atoms with Crippen LogP contribution in [0.15, 0.2) is 22.7 Å². The molecule has 1 nitrogen and oxygen atoms in total. The molecule has 0 amide bonds. The molecule has 3 heteroatoms. The Bertz CT molecular complexity index is 394. The fourth-order valence-electron chi connectivity index (χ4n) is 2.74. The van der Waals surface area contributed by atoms with Gasteiger partial charge in [-0.15, -0.1) is 0 Å². The number of hydrogen-bond acceptors (Lipinski definition) is 1. The molecular weight excluding hydrogens is 293 g/mol. The summed E-state index contributed by atoms with van der Waals surface area (Å²) in [5.74, 6) is 0.762. The lowest BCUT2D eigenvalue weighted by Gasteiger charge is -2.29. The van der Waals surface area contributed by atoms with Gasteiger partial charge < -0.3 is 5.32 Å². The van der Waals surface area contributed by atoms with Crippen LogP contribution in [0.5, 0.6) is 0 Å². The van der Waals surface area contributed by atoms with E-state index in [0.29, 0.717) is 6.04 Å². The average molecular weight is 314 g/mol. The van der Waals surface area contributed by atoms with E-state index < -0.39 is 0 Å². The van der Waals surface area contributed by atoms with Crippen molar-refractivity contribution in [1.82, 2.24) is 5.32 Å². The van der Waals surface area contributed by atoms with Gasteiger partial charge in [-0.05, 0) is 55.8 Å². The molecule has 1 aromatic carbocycles. The zero-order chi connectivity index (χ0) is 13.0. The number of piperidine rings is 1. The number of aryl methyl sites for hydroxylation is 1. The van der Waals surface area contributed by atoms with Crippen molar-refractivity contribution in [2.75, 3.05) is 6.54 Å². The normalized spacial score (nSPS) is 24.2. The van der Waals surface area contributed by atoms with Gasteiger partial charge >= 0.3 is 0 Å². The van der Waals surface area contributed by atoms with Crippen LogP contribution in [0.25, 0.3) is 0 Å². The topological polar surface area (TPSA) is 12.0 Å². The van der Waals surface area contributed by atoms with E-state index >= 15 is 0 Å². The van der Waals surface area contributed by atoms with Gasteiger partial charge in [-0.2, -0.15) is 0 Å². The minimum Gasteiger partial charge on any atom is -0.314 e. The zero-order valence-electron chi connectivity index (χ0n) is 10.9. The van der Waals surface area contributed by atoms with E-state index in [2.05, 4.69) is 28.2 Å². The molecule has 1 aliphatic heterocycles. The summed E-state index contributed by atoms with van der Waals surface area (Å²) in [7, 11) is 0. The van der Waals surface area contributed by atoms with Crippen molar-refractivity contribution in [2.45, 2.75) is 45.1 Å². The van der Waals surface area contributed by atoms with E-state index in [1.165, 1.54) is 19.3 Å². The first kappa shape index (κ1) is 14.0. The van der Waals surface area contributed by atoms with Crippen LogP contribution in [0.2, 0.25) is 0 Å². The summed E-state index contributed by atoms with van der Waals surface area (Å²) in [5, 5.41) is 3.55. The predicted molar refractivity (Wildman–Crippen MR) is 77.2 cm³/mol. The molecule has 1 heterocycles. The third kappa shape index (κ3) is 3.79. The van der Waals surface area contributed by atoms with E-state index in [9.17, 15) is 4.39 Å². The van der Waals surface area contributed by atoms with Gasteiger partial charge in [-0.25, -0.2) is 4.39 Å². The lowest BCUT2D eigenvalue weighted by molar-refractivity contribution is 0.284. The van der Waals surface area contributed by atoms with Crippen LogP contribution in [0.1, 0.15) is 38.2 Å². The Labute approximate surface area is 117 Å². The molecule has 1 N–H and O–H groups in total. The molecule has 0 saturated carbocycles. The molecule has 1 fully saturated rings. The van der Waals surface area contributed by atoms with Crippen molar-refractivity contribution < 1.29 is 4.39 Å². The number of halogens is 2. The van der Waals surface area contributed by atoms with E-state index in [-0.39, 0.29) is 5.82 Å². The second-order valence-electron chi connectivity index (χ2n) is 5.22. The molecule has 0 aliphatic carbocycles. The lowest BCUT2D eigenvalue weighted by Crippen LogP contribution is -2.38. The highest BCUT2D eigenvalue weighted by molar-refractivity contribution is 9.10. The van der Waals surface area contributed by atoms with Crippen LogP contribution in [0.3, 0.4) is 0 Å². The number of benzene rings is 1. The summed E-state index contributed by atoms with van der Waals surface area (Å²) >= 11 is 3.29. The van der Waals surface area contributed by atoms with Crippen LogP contribution < -0.4 is 5.32 Å². The fourth-order valence-corrected chi connectivity index (χ4v) is 3.07. The summed E-state index contributed by atoms with van der Waals surface area (Å²) in [5.41, 5.74) is 0.832. The Kier molecular flexibility index (Phi) is 5.19. The van der Waals surface area contributed by atoms with Gasteiger partial charge in [0, 0.05) is 10.5 Å². The van der Waals surface area contributed by atoms with Crippen LogP contribution in [-0.4, -0.2) is 12.6 Å². The van der Waals surface area contributed by atoms with Crippen LogP contribution in [-0.2, 0) is 6.42 Å².